The summed E-state index contributed by atoms with van der Waals surface area (Å²) in [6.07, 6.45) is 1.32. The molecule has 27 heavy (non-hydrogen) atoms. The largest absolute Gasteiger partial charge is 0.489 e. The summed E-state index contributed by atoms with van der Waals surface area (Å²) in [5.41, 5.74) is 1.09. The smallest absolute Gasteiger partial charge is 0.308 e. The van der Waals surface area contributed by atoms with E-state index in [2.05, 4.69) is 0 Å². The first kappa shape index (κ1) is 18.8. The van der Waals surface area contributed by atoms with Crippen molar-refractivity contribution < 1.29 is 24.2 Å². The number of hydrogen-bond acceptors (Lipinski definition) is 4. The molecule has 1 saturated heterocycles. The van der Waals surface area contributed by atoms with Crippen LogP contribution in [0.25, 0.3) is 0 Å². The van der Waals surface area contributed by atoms with Crippen LogP contribution < -0.4 is 9.47 Å². The average Bonchev–Trinajstić information content (AvgIpc) is 2.72. The van der Waals surface area contributed by atoms with Gasteiger partial charge in [0.15, 0.2) is 6.61 Å². The van der Waals surface area contributed by atoms with E-state index < -0.39 is 11.9 Å². The standard InChI is InChI=1S/C21H23NO5/c23-20(22-12-4-7-17(13-22)21(24)25)15-27-19-10-8-18(9-11-19)26-14-16-5-2-1-3-6-16/h1-3,5-6,8-11,17H,4,7,12-15H2,(H,24,25). The molecular weight excluding hydrogens is 346 g/mol. The van der Waals surface area contributed by atoms with Gasteiger partial charge >= 0.3 is 5.97 Å². The molecule has 0 saturated carbocycles. The molecular formula is C21H23NO5. The van der Waals surface area contributed by atoms with E-state index in [1.165, 1.54) is 0 Å². The summed E-state index contributed by atoms with van der Waals surface area (Å²) in [6, 6.07) is 17.0. The van der Waals surface area contributed by atoms with Gasteiger partial charge in [0.2, 0.25) is 0 Å². The number of ether oxygens (including phenoxy) is 2. The van der Waals surface area contributed by atoms with E-state index in [-0.39, 0.29) is 19.1 Å². The topological polar surface area (TPSA) is 76.1 Å². The maximum Gasteiger partial charge on any atom is 0.308 e. The monoisotopic (exact) mass is 369 g/mol. The Hall–Kier alpha value is -3.02. The van der Waals surface area contributed by atoms with Gasteiger partial charge in [-0.15, -0.1) is 0 Å². The zero-order chi connectivity index (χ0) is 19.1. The van der Waals surface area contributed by atoms with E-state index >= 15 is 0 Å². The number of aliphatic carboxylic acids is 1. The molecule has 1 aliphatic rings. The fourth-order valence-electron chi connectivity index (χ4n) is 3.01. The van der Waals surface area contributed by atoms with E-state index in [1.807, 2.05) is 30.3 Å². The number of hydrogen-bond donors (Lipinski definition) is 1. The Balaban J connectivity index is 1.45. The second kappa shape index (κ2) is 9.07. The van der Waals surface area contributed by atoms with Crippen molar-refractivity contribution in [1.82, 2.24) is 4.90 Å². The number of piperidine rings is 1. The number of amides is 1. The van der Waals surface area contributed by atoms with E-state index in [4.69, 9.17) is 14.6 Å². The minimum absolute atomic E-state index is 0.101. The summed E-state index contributed by atoms with van der Waals surface area (Å²) < 4.78 is 11.3. The van der Waals surface area contributed by atoms with Gasteiger partial charge in [0.05, 0.1) is 5.92 Å². The van der Waals surface area contributed by atoms with Crippen molar-refractivity contribution in [3.8, 4) is 11.5 Å². The normalized spacial score (nSPS) is 16.6. The Morgan fingerprint density at radius 3 is 2.33 bits per heavy atom. The van der Waals surface area contributed by atoms with Crippen molar-refractivity contribution in [3.63, 3.8) is 0 Å². The van der Waals surface area contributed by atoms with Crippen LogP contribution in [0.15, 0.2) is 54.6 Å². The van der Waals surface area contributed by atoms with Crippen LogP contribution in [0.3, 0.4) is 0 Å². The molecule has 0 aromatic heterocycles. The molecule has 3 rings (SSSR count). The molecule has 0 radical (unpaired) electrons. The van der Waals surface area contributed by atoms with Crippen molar-refractivity contribution in [2.24, 2.45) is 5.92 Å². The summed E-state index contributed by atoms with van der Waals surface area (Å²) in [4.78, 5) is 24.9. The molecule has 1 fully saturated rings. The maximum absolute atomic E-state index is 12.2. The molecule has 1 unspecified atom stereocenters. The minimum atomic E-state index is -0.848. The van der Waals surface area contributed by atoms with E-state index in [1.54, 1.807) is 29.2 Å². The number of likely N-dealkylation sites (tertiary alicyclic amines) is 1. The van der Waals surface area contributed by atoms with E-state index in [0.717, 1.165) is 11.3 Å². The lowest BCUT2D eigenvalue weighted by atomic mass is 9.98. The highest BCUT2D eigenvalue weighted by Gasteiger charge is 2.28. The van der Waals surface area contributed by atoms with Gasteiger partial charge in [-0.25, -0.2) is 0 Å². The first-order valence-corrected chi connectivity index (χ1v) is 9.02. The summed E-state index contributed by atoms with van der Waals surface area (Å²) in [6.45, 7) is 1.22. The molecule has 142 valence electrons. The van der Waals surface area contributed by atoms with Gasteiger partial charge in [-0.3, -0.25) is 9.59 Å². The van der Waals surface area contributed by atoms with Crippen LogP contribution in [0.5, 0.6) is 11.5 Å². The van der Waals surface area contributed by atoms with Gasteiger partial charge in [0, 0.05) is 13.1 Å². The third-order valence-electron chi connectivity index (χ3n) is 4.56. The van der Waals surface area contributed by atoms with Crippen LogP contribution in [0.1, 0.15) is 18.4 Å². The van der Waals surface area contributed by atoms with Crippen LogP contribution in [0.2, 0.25) is 0 Å². The Morgan fingerprint density at radius 2 is 1.67 bits per heavy atom. The minimum Gasteiger partial charge on any atom is -0.489 e. The van der Waals surface area contributed by atoms with Gasteiger partial charge in [0.1, 0.15) is 18.1 Å². The van der Waals surface area contributed by atoms with Crippen LogP contribution in [0.4, 0.5) is 0 Å². The van der Waals surface area contributed by atoms with Crippen molar-refractivity contribution >= 4 is 11.9 Å². The lowest BCUT2D eigenvalue weighted by Gasteiger charge is -2.30. The lowest BCUT2D eigenvalue weighted by molar-refractivity contribution is -0.146. The molecule has 1 atom stereocenters. The SMILES string of the molecule is O=C(O)C1CCCN(C(=O)COc2ccc(OCc3ccccc3)cc2)C1. The molecule has 0 aliphatic carbocycles. The quantitative estimate of drug-likeness (QED) is 0.812. The molecule has 2 aromatic rings. The molecule has 1 N–H and O–H groups in total. The third kappa shape index (κ3) is 5.48. The summed E-state index contributed by atoms with van der Waals surface area (Å²) in [5, 5.41) is 9.11. The van der Waals surface area contributed by atoms with Gasteiger partial charge in [0.25, 0.3) is 5.91 Å². The number of carboxylic acid groups (broad SMARTS) is 1. The second-order valence-electron chi connectivity index (χ2n) is 6.55. The highest BCUT2D eigenvalue weighted by Crippen LogP contribution is 2.20. The molecule has 0 bridgehead atoms. The molecule has 6 nitrogen and oxygen atoms in total. The Morgan fingerprint density at radius 1 is 1.00 bits per heavy atom. The van der Waals surface area contributed by atoms with Crippen LogP contribution in [-0.4, -0.2) is 41.6 Å². The number of carbonyl (C=O) groups excluding carboxylic acids is 1. The molecule has 6 heteroatoms. The average molecular weight is 369 g/mol. The number of benzene rings is 2. The molecule has 2 aromatic carbocycles. The fraction of sp³-hybridized carbons (Fsp3) is 0.333. The van der Waals surface area contributed by atoms with E-state index in [9.17, 15) is 9.59 Å². The van der Waals surface area contributed by atoms with Crippen molar-refractivity contribution in [2.75, 3.05) is 19.7 Å². The van der Waals surface area contributed by atoms with Crippen LogP contribution >= 0.6 is 0 Å². The Kier molecular flexibility index (Phi) is 6.30. The highest BCUT2D eigenvalue weighted by molar-refractivity contribution is 5.79. The molecule has 1 aliphatic heterocycles. The van der Waals surface area contributed by atoms with Crippen LogP contribution in [0, 0.1) is 5.92 Å². The van der Waals surface area contributed by atoms with Crippen molar-refractivity contribution in [2.45, 2.75) is 19.4 Å². The van der Waals surface area contributed by atoms with Gasteiger partial charge < -0.3 is 19.5 Å². The zero-order valence-electron chi connectivity index (χ0n) is 15.0. The van der Waals surface area contributed by atoms with Crippen LogP contribution in [-0.2, 0) is 16.2 Å². The Bertz CT molecular complexity index is 760. The van der Waals surface area contributed by atoms with E-state index in [0.29, 0.717) is 31.7 Å². The van der Waals surface area contributed by atoms with Crippen molar-refractivity contribution in [1.29, 1.82) is 0 Å². The summed E-state index contributed by atoms with van der Waals surface area (Å²) in [7, 11) is 0. The van der Waals surface area contributed by atoms with Gasteiger partial charge in [-0.05, 0) is 42.7 Å². The number of nitrogens with zero attached hydrogens (tertiary/aromatic N) is 1. The summed E-state index contributed by atoms with van der Waals surface area (Å²) in [5.74, 6) is -0.228. The zero-order valence-corrected chi connectivity index (χ0v) is 15.0. The highest BCUT2D eigenvalue weighted by atomic mass is 16.5. The van der Waals surface area contributed by atoms with Crippen molar-refractivity contribution in [3.05, 3.63) is 60.2 Å². The predicted molar refractivity (Wildman–Crippen MR) is 99.7 cm³/mol. The fourth-order valence-corrected chi connectivity index (χ4v) is 3.01. The molecule has 1 heterocycles. The third-order valence-corrected chi connectivity index (χ3v) is 4.56. The Labute approximate surface area is 158 Å². The first-order chi connectivity index (χ1) is 13.1. The number of rotatable bonds is 7. The molecule has 0 spiro atoms. The van der Waals surface area contributed by atoms with Gasteiger partial charge in [-0.1, -0.05) is 30.3 Å². The molecule has 1 amide bonds. The predicted octanol–water partition coefficient (Wildman–Crippen LogP) is 2.97. The second-order valence-corrected chi connectivity index (χ2v) is 6.55. The maximum atomic E-state index is 12.2. The van der Waals surface area contributed by atoms with Gasteiger partial charge in [-0.2, -0.15) is 0 Å². The number of carbonyl (C=O) groups is 2. The lowest BCUT2D eigenvalue weighted by Crippen LogP contribution is -2.44. The first-order valence-electron chi connectivity index (χ1n) is 9.02. The number of carboxylic acids is 1. The summed E-state index contributed by atoms with van der Waals surface area (Å²) >= 11 is 0.